The van der Waals surface area contributed by atoms with Gasteiger partial charge in [0, 0.05) is 12.4 Å². The van der Waals surface area contributed by atoms with Crippen LogP contribution in [-0.2, 0) is 10.9 Å². The topological polar surface area (TPSA) is 63.0 Å². The third-order valence-electron chi connectivity index (χ3n) is 1.86. The molecule has 0 saturated heterocycles. The lowest BCUT2D eigenvalue weighted by atomic mass is 10.1. The van der Waals surface area contributed by atoms with E-state index in [4.69, 9.17) is 5.26 Å². The maximum Gasteiger partial charge on any atom is 0.419 e. The lowest BCUT2D eigenvalue weighted by molar-refractivity contribution is -0.138. The molecule has 0 aromatic carbocycles. The van der Waals surface area contributed by atoms with Gasteiger partial charge in [0.25, 0.3) is 0 Å². The minimum absolute atomic E-state index is 0.0000522. The molecule has 0 fully saturated rings. The molecule has 0 amide bonds. The number of carbonyl (C=O) groups is 1. The number of esters is 1. The molecule has 0 saturated carbocycles. The van der Waals surface area contributed by atoms with Gasteiger partial charge in [-0.2, -0.15) is 18.4 Å². The predicted molar refractivity (Wildman–Crippen MR) is 49.9 cm³/mol. The van der Waals surface area contributed by atoms with Crippen molar-refractivity contribution in [1.82, 2.24) is 4.98 Å². The van der Waals surface area contributed by atoms with Crippen LogP contribution in [0.3, 0.4) is 0 Å². The Morgan fingerprint density at radius 2 is 2.18 bits per heavy atom. The molecule has 0 aliphatic carbocycles. The van der Waals surface area contributed by atoms with Crippen LogP contribution in [0.25, 0.3) is 0 Å². The number of hydrogen-bond acceptors (Lipinski definition) is 4. The third-order valence-corrected chi connectivity index (χ3v) is 1.86. The molecule has 4 nitrogen and oxygen atoms in total. The van der Waals surface area contributed by atoms with E-state index in [1.54, 1.807) is 0 Å². The lowest BCUT2D eigenvalue weighted by Crippen LogP contribution is -2.14. The van der Waals surface area contributed by atoms with Crippen molar-refractivity contribution in [2.75, 3.05) is 6.61 Å². The smallest absolute Gasteiger partial charge is 0.419 e. The summed E-state index contributed by atoms with van der Waals surface area (Å²) in [6, 6.07) is 1.35. The first-order chi connectivity index (χ1) is 7.91. The first-order valence-corrected chi connectivity index (χ1v) is 4.54. The van der Waals surface area contributed by atoms with Crippen molar-refractivity contribution in [2.45, 2.75) is 13.1 Å². The molecule has 90 valence electrons. The van der Waals surface area contributed by atoms with Crippen LogP contribution in [0, 0.1) is 11.3 Å². The Morgan fingerprint density at radius 3 is 2.65 bits per heavy atom. The molecule has 17 heavy (non-hydrogen) atoms. The minimum atomic E-state index is -4.74. The Labute approximate surface area is 94.6 Å². The summed E-state index contributed by atoms with van der Waals surface area (Å²) in [6.07, 6.45) is -3.35. The fraction of sp³-hybridized carbons (Fsp3) is 0.300. The molecule has 1 aromatic heterocycles. The molecule has 0 N–H and O–H groups in total. The molecule has 7 heteroatoms. The Bertz CT molecular complexity index is 477. The van der Waals surface area contributed by atoms with Crippen LogP contribution >= 0.6 is 0 Å². The summed E-state index contributed by atoms with van der Waals surface area (Å²) in [5, 5.41) is 8.69. The molecular formula is C10H7F3N2O2. The number of alkyl halides is 3. The number of carbonyl (C=O) groups excluding carboxylic acids is 1. The Kier molecular flexibility index (Phi) is 3.68. The zero-order valence-electron chi connectivity index (χ0n) is 8.71. The van der Waals surface area contributed by atoms with Crippen molar-refractivity contribution in [3.05, 3.63) is 29.1 Å². The summed E-state index contributed by atoms with van der Waals surface area (Å²) < 4.78 is 42.1. The van der Waals surface area contributed by atoms with Crippen LogP contribution in [-0.4, -0.2) is 17.6 Å². The largest absolute Gasteiger partial charge is 0.462 e. The van der Waals surface area contributed by atoms with E-state index in [1.165, 1.54) is 13.0 Å². The van der Waals surface area contributed by atoms with E-state index < -0.39 is 28.8 Å². The van der Waals surface area contributed by atoms with E-state index in [1.807, 2.05) is 0 Å². The van der Waals surface area contributed by atoms with Gasteiger partial charge in [-0.25, -0.2) is 4.79 Å². The summed E-state index contributed by atoms with van der Waals surface area (Å²) in [7, 11) is 0. The predicted octanol–water partition coefficient (Wildman–Crippen LogP) is 2.15. The van der Waals surface area contributed by atoms with Gasteiger partial charge in [-0.15, -0.1) is 0 Å². The summed E-state index contributed by atoms with van der Waals surface area (Å²) in [6.45, 7) is 1.50. The first-order valence-electron chi connectivity index (χ1n) is 4.54. The average Bonchev–Trinajstić information content (AvgIpc) is 2.27. The lowest BCUT2D eigenvalue weighted by Gasteiger charge is -2.10. The average molecular weight is 244 g/mol. The van der Waals surface area contributed by atoms with E-state index in [2.05, 4.69) is 9.72 Å². The van der Waals surface area contributed by atoms with Gasteiger partial charge >= 0.3 is 12.1 Å². The highest BCUT2D eigenvalue weighted by Gasteiger charge is 2.36. The molecule has 0 aliphatic rings. The number of nitrogens with zero attached hydrogens (tertiary/aromatic N) is 2. The standard InChI is InChI=1S/C10H7F3N2O2/c1-2-17-9(16)7-4-15-5-8(6(7)3-14)10(11,12)13/h4-5H,2H2,1H3. The van der Waals surface area contributed by atoms with Gasteiger partial charge in [0.15, 0.2) is 0 Å². The number of rotatable bonds is 2. The second-order valence-corrected chi connectivity index (χ2v) is 2.94. The molecular weight excluding hydrogens is 237 g/mol. The first kappa shape index (κ1) is 13.0. The number of pyridine rings is 1. The SMILES string of the molecule is CCOC(=O)c1cncc(C(F)(F)F)c1C#N. The Balaban J connectivity index is 3.35. The normalized spacial score (nSPS) is 10.8. The number of aromatic nitrogens is 1. The maximum absolute atomic E-state index is 12.5. The van der Waals surface area contributed by atoms with Gasteiger partial charge < -0.3 is 4.74 Å². The highest BCUT2D eigenvalue weighted by molar-refractivity contribution is 5.92. The van der Waals surface area contributed by atoms with E-state index in [0.29, 0.717) is 6.20 Å². The minimum Gasteiger partial charge on any atom is -0.462 e. The van der Waals surface area contributed by atoms with Crippen molar-refractivity contribution in [1.29, 1.82) is 5.26 Å². The fourth-order valence-corrected chi connectivity index (χ4v) is 1.16. The van der Waals surface area contributed by atoms with Gasteiger partial charge in [0.1, 0.15) is 6.07 Å². The van der Waals surface area contributed by atoms with Crippen molar-refractivity contribution in [3.63, 3.8) is 0 Å². The molecule has 0 spiro atoms. The van der Waals surface area contributed by atoms with Gasteiger partial charge in [-0.1, -0.05) is 0 Å². The molecule has 0 radical (unpaired) electrons. The van der Waals surface area contributed by atoms with Crippen LogP contribution in [0.5, 0.6) is 0 Å². The van der Waals surface area contributed by atoms with Gasteiger partial charge in [-0.3, -0.25) is 4.98 Å². The fourth-order valence-electron chi connectivity index (χ4n) is 1.16. The molecule has 1 aromatic rings. The van der Waals surface area contributed by atoms with Crippen molar-refractivity contribution < 1.29 is 22.7 Å². The molecule has 1 rings (SSSR count). The molecule has 0 atom stereocenters. The zero-order valence-corrected chi connectivity index (χ0v) is 8.71. The Morgan fingerprint density at radius 1 is 1.53 bits per heavy atom. The van der Waals surface area contributed by atoms with Crippen LogP contribution < -0.4 is 0 Å². The number of hydrogen-bond donors (Lipinski definition) is 0. The quantitative estimate of drug-likeness (QED) is 0.748. The van der Waals surface area contributed by atoms with Crippen molar-refractivity contribution in [3.8, 4) is 6.07 Å². The zero-order chi connectivity index (χ0) is 13.1. The van der Waals surface area contributed by atoms with Crippen molar-refractivity contribution >= 4 is 5.97 Å². The van der Waals surface area contributed by atoms with E-state index in [0.717, 1.165) is 6.20 Å². The Hall–Kier alpha value is -2.10. The maximum atomic E-state index is 12.5. The van der Waals surface area contributed by atoms with Gasteiger partial charge in [-0.05, 0) is 6.92 Å². The third kappa shape index (κ3) is 2.72. The highest BCUT2D eigenvalue weighted by atomic mass is 19.4. The van der Waals surface area contributed by atoms with Crippen molar-refractivity contribution in [2.24, 2.45) is 0 Å². The highest BCUT2D eigenvalue weighted by Crippen LogP contribution is 2.32. The second-order valence-electron chi connectivity index (χ2n) is 2.94. The molecule has 0 unspecified atom stereocenters. The van der Waals surface area contributed by atoms with Crippen LogP contribution in [0.4, 0.5) is 13.2 Å². The van der Waals surface area contributed by atoms with Crippen LogP contribution in [0.1, 0.15) is 28.4 Å². The van der Waals surface area contributed by atoms with Crippen LogP contribution in [0.15, 0.2) is 12.4 Å². The summed E-state index contributed by atoms with van der Waals surface area (Å²) in [5.41, 5.74) is -2.50. The summed E-state index contributed by atoms with van der Waals surface area (Å²) >= 11 is 0. The molecule has 1 heterocycles. The summed E-state index contributed by atoms with van der Waals surface area (Å²) in [5.74, 6) is -0.998. The van der Waals surface area contributed by atoms with E-state index >= 15 is 0 Å². The monoisotopic (exact) mass is 244 g/mol. The van der Waals surface area contributed by atoms with Crippen LogP contribution in [0.2, 0.25) is 0 Å². The van der Waals surface area contributed by atoms with E-state index in [9.17, 15) is 18.0 Å². The number of halogens is 3. The number of ether oxygens (including phenoxy) is 1. The van der Waals surface area contributed by atoms with E-state index in [-0.39, 0.29) is 6.61 Å². The molecule has 0 aliphatic heterocycles. The molecule has 0 bridgehead atoms. The second kappa shape index (κ2) is 4.82. The summed E-state index contributed by atoms with van der Waals surface area (Å²) in [4.78, 5) is 14.6. The van der Waals surface area contributed by atoms with Gasteiger partial charge in [0.2, 0.25) is 0 Å². The number of nitriles is 1. The van der Waals surface area contributed by atoms with Gasteiger partial charge in [0.05, 0.1) is 23.3 Å².